The van der Waals surface area contributed by atoms with Crippen molar-refractivity contribution < 1.29 is 4.79 Å². The third kappa shape index (κ3) is 4.67. The molecule has 0 unspecified atom stereocenters. The number of hydrogen-bond donors (Lipinski definition) is 1. The number of nitrogens with zero attached hydrogens (tertiary/aromatic N) is 2. The van der Waals surface area contributed by atoms with E-state index in [-0.39, 0.29) is 11.8 Å². The minimum Gasteiger partial charge on any atom is -0.330 e. The van der Waals surface area contributed by atoms with Crippen LogP contribution in [0.15, 0.2) is 24.3 Å². The van der Waals surface area contributed by atoms with Gasteiger partial charge in [-0.15, -0.1) is 0 Å². The molecule has 0 bridgehead atoms. The van der Waals surface area contributed by atoms with Crippen molar-refractivity contribution >= 4 is 11.6 Å². The summed E-state index contributed by atoms with van der Waals surface area (Å²) in [7, 11) is 1.76. The Labute approximate surface area is 121 Å². The molecule has 0 radical (unpaired) electrons. The second-order valence-electron chi connectivity index (χ2n) is 5.55. The first-order valence-electron chi connectivity index (χ1n) is 6.94. The van der Waals surface area contributed by atoms with Gasteiger partial charge >= 0.3 is 0 Å². The van der Waals surface area contributed by atoms with Crippen molar-refractivity contribution in [1.82, 2.24) is 0 Å². The number of nitrogens with two attached hydrogens (primary N) is 1. The standard InChI is InChI=1S/C16H23N3O/c1-12(2)8-14(11-18)9-16(20)19(3)15-6-4-13(10-17)5-7-15/h4-7,12,14H,8-9,11,18H2,1-3H3/t14-/m0/s1. The number of hydrogen-bond acceptors (Lipinski definition) is 3. The summed E-state index contributed by atoms with van der Waals surface area (Å²) in [5.41, 5.74) is 7.13. The fraction of sp³-hybridized carbons (Fsp3) is 0.500. The SMILES string of the molecule is CC(C)C[C@H](CN)CC(=O)N(C)c1ccc(C#N)cc1. The van der Waals surface area contributed by atoms with E-state index in [2.05, 4.69) is 19.9 Å². The van der Waals surface area contributed by atoms with Gasteiger partial charge in [-0.1, -0.05) is 13.8 Å². The molecule has 1 atom stereocenters. The zero-order chi connectivity index (χ0) is 15.1. The second-order valence-corrected chi connectivity index (χ2v) is 5.55. The van der Waals surface area contributed by atoms with Crippen molar-refractivity contribution in [2.45, 2.75) is 26.7 Å². The van der Waals surface area contributed by atoms with Gasteiger partial charge in [-0.3, -0.25) is 4.79 Å². The van der Waals surface area contributed by atoms with Crippen LogP contribution in [0, 0.1) is 23.2 Å². The summed E-state index contributed by atoms with van der Waals surface area (Å²) in [6.07, 6.45) is 1.43. The monoisotopic (exact) mass is 273 g/mol. The molecule has 2 N–H and O–H groups in total. The molecule has 4 nitrogen and oxygen atoms in total. The highest BCUT2D eigenvalue weighted by Gasteiger charge is 2.17. The molecular formula is C16H23N3O. The van der Waals surface area contributed by atoms with Crippen molar-refractivity contribution in [1.29, 1.82) is 5.26 Å². The van der Waals surface area contributed by atoms with Crippen LogP contribution in [0.2, 0.25) is 0 Å². The molecule has 0 heterocycles. The van der Waals surface area contributed by atoms with E-state index in [9.17, 15) is 4.79 Å². The molecule has 108 valence electrons. The Hall–Kier alpha value is -1.86. The lowest BCUT2D eigenvalue weighted by Gasteiger charge is -2.22. The van der Waals surface area contributed by atoms with Crippen molar-refractivity contribution in [2.75, 3.05) is 18.5 Å². The summed E-state index contributed by atoms with van der Waals surface area (Å²) in [5, 5.41) is 8.77. The van der Waals surface area contributed by atoms with Gasteiger partial charge in [0.15, 0.2) is 0 Å². The third-order valence-corrected chi connectivity index (χ3v) is 3.36. The van der Waals surface area contributed by atoms with Crippen molar-refractivity contribution in [3.63, 3.8) is 0 Å². The van der Waals surface area contributed by atoms with Gasteiger partial charge in [0.1, 0.15) is 0 Å². The van der Waals surface area contributed by atoms with E-state index < -0.39 is 0 Å². The van der Waals surface area contributed by atoms with Crippen LogP contribution in [0.5, 0.6) is 0 Å². The fourth-order valence-corrected chi connectivity index (χ4v) is 2.22. The summed E-state index contributed by atoms with van der Waals surface area (Å²) in [6, 6.07) is 9.07. The molecule has 0 spiro atoms. The van der Waals surface area contributed by atoms with Gasteiger partial charge in [-0.25, -0.2) is 0 Å². The molecule has 20 heavy (non-hydrogen) atoms. The Bertz CT molecular complexity index is 473. The minimum atomic E-state index is 0.0609. The maximum absolute atomic E-state index is 12.3. The zero-order valence-electron chi connectivity index (χ0n) is 12.5. The van der Waals surface area contributed by atoms with Gasteiger partial charge in [0, 0.05) is 19.2 Å². The largest absolute Gasteiger partial charge is 0.330 e. The van der Waals surface area contributed by atoms with E-state index >= 15 is 0 Å². The first kappa shape index (κ1) is 16.2. The summed E-state index contributed by atoms with van der Waals surface area (Å²) in [5.74, 6) is 0.825. The van der Waals surface area contributed by atoms with Crippen LogP contribution in [0.25, 0.3) is 0 Å². The highest BCUT2D eigenvalue weighted by molar-refractivity contribution is 5.92. The average molecular weight is 273 g/mol. The molecular weight excluding hydrogens is 250 g/mol. The summed E-state index contributed by atoms with van der Waals surface area (Å²) in [4.78, 5) is 13.9. The van der Waals surface area contributed by atoms with E-state index in [0.29, 0.717) is 24.4 Å². The predicted octanol–water partition coefficient (Wildman–Crippen LogP) is 2.53. The van der Waals surface area contributed by atoms with Gasteiger partial charge in [0.2, 0.25) is 5.91 Å². The molecule has 1 aromatic rings. The highest BCUT2D eigenvalue weighted by atomic mass is 16.2. The number of carbonyl (C=O) groups is 1. The molecule has 0 aliphatic heterocycles. The molecule has 1 amide bonds. The van der Waals surface area contributed by atoms with E-state index in [1.807, 2.05) is 0 Å². The summed E-state index contributed by atoms with van der Waals surface area (Å²) < 4.78 is 0. The smallest absolute Gasteiger partial charge is 0.227 e. The van der Waals surface area contributed by atoms with Crippen LogP contribution < -0.4 is 10.6 Å². The lowest BCUT2D eigenvalue weighted by Crippen LogP contribution is -2.30. The Kier molecular flexibility index (Phi) is 6.20. The molecule has 4 heteroatoms. The van der Waals surface area contributed by atoms with Crippen LogP contribution in [-0.2, 0) is 4.79 Å². The molecule has 0 fully saturated rings. The third-order valence-electron chi connectivity index (χ3n) is 3.36. The number of rotatable bonds is 6. The minimum absolute atomic E-state index is 0.0609. The van der Waals surface area contributed by atoms with Gasteiger partial charge in [-0.05, 0) is 49.1 Å². The Morgan fingerprint density at radius 3 is 2.40 bits per heavy atom. The van der Waals surface area contributed by atoms with Crippen molar-refractivity contribution in [3.05, 3.63) is 29.8 Å². The molecule has 0 aromatic heterocycles. The van der Waals surface area contributed by atoms with E-state index in [0.717, 1.165) is 12.1 Å². The van der Waals surface area contributed by atoms with E-state index in [1.54, 1.807) is 36.2 Å². The Morgan fingerprint density at radius 2 is 1.95 bits per heavy atom. The van der Waals surface area contributed by atoms with Crippen LogP contribution in [0.4, 0.5) is 5.69 Å². The lowest BCUT2D eigenvalue weighted by atomic mass is 9.94. The van der Waals surface area contributed by atoms with Gasteiger partial charge in [0.25, 0.3) is 0 Å². The first-order chi connectivity index (χ1) is 9.47. The van der Waals surface area contributed by atoms with Crippen molar-refractivity contribution in [3.8, 4) is 6.07 Å². The zero-order valence-corrected chi connectivity index (χ0v) is 12.5. The van der Waals surface area contributed by atoms with Gasteiger partial charge < -0.3 is 10.6 Å². The van der Waals surface area contributed by atoms with Crippen molar-refractivity contribution in [2.24, 2.45) is 17.6 Å². The van der Waals surface area contributed by atoms with Crippen LogP contribution >= 0.6 is 0 Å². The number of nitriles is 1. The molecule has 0 saturated carbocycles. The number of carbonyl (C=O) groups excluding carboxylic acids is 1. The predicted molar refractivity (Wildman–Crippen MR) is 81.2 cm³/mol. The molecule has 0 aliphatic carbocycles. The van der Waals surface area contributed by atoms with E-state index in [1.165, 1.54) is 0 Å². The average Bonchev–Trinajstić information content (AvgIpc) is 2.45. The Morgan fingerprint density at radius 1 is 1.35 bits per heavy atom. The first-order valence-corrected chi connectivity index (χ1v) is 6.94. The molecule has 1 aromatic carbocycles. The quantitative estimate of drug-likeness (QED) is 0.865. The molecule has 0 aliphatic rings. The fourth-order valence-electron chi connectivity index (χ4n) is 2.22. The topological polar surface area (TPSA) is 70.1 Å². The number of anilines is 1. The molecule has 0 saturated heterocycles. The number of amides is 1. The number of benzene rings is 1. The van der Waals surface area contributed by atoms with Gasteiger partial charge in [-0.2, -0.15) is 5.26 Å². The maximum Gasteiger partial charge on any atom is 0.227 e. The van der Waals surface area contributed by atoms with E-state index in [4.69, 9.17) is 11.0 Å². The summed E-state index contributed by atoms with van der Waals surface area (Å²) in [6.45, 7) is 4.81. The van der Waals surface area contributed by atoms with Crippen LogP contribution in [-0.4, -0.2) is 19.5 Å². The Balaban J connectivity index is 2.68. The molecule has 1 rings (SSSR count). The second kappa shape index (κ2) is 7.66. The normalized spacial score (nSPS) is 12.0. The highest BCUT2D eigenvalue weighted by Crippen LogP contribution is 2.19. The van der Waals surface area contributed by atoms with Crippen LogP contribution in [0.3, 0.4) is 0 Å². The maximum atomic E-state index is 12.3. The summed E-state index contributed by atoms with van der Waals surface area (Å²) >= 11 is 0. The lowest BCUT2D eigenvalue weighted by molar-refractivity contribution is -0.119. The van der Waals surface area contributed by atoms with Crippen LogP contribution in [0.1, 0.15) is 32.3 Å². The van der Waals surface area contributed by atoms with Gasteiger partial charge in [0.05, 0.1) is 11.6 Å².